The van der Waals surface area contributed by atoms with E-state index >= 15 is 0 Å². The molecular weight excluding hydrogens is 214 g/mol. The molecule has 2 fully saturated rings. The Morgan fingerprint density at radius 2 is 2.41 bits per heavy atom. The van der Waals surface area contributed by atoms with Gasteiger partial charge in [0.2, 0.25) is 0 Å². The van der Waals surface area contributed by atoms with Crippen LogP contribution in [0, 0.1) is 5.41 Å². The van der Waals surface area contributed by atoms with Gasteiger partial charge in [0.25, 0.3) is 0 Å². The topological polar surface area (TPSA) is 29.5 Å². The Hall–Kier alpha value is -0.830. The summed E-state index contributed by atoms with van der Waals surface area (Å²) in [5, 5.41) is 0. The average Bonchev–Trinajstić information content (AvgIpc) is 2.73. The van der Waals surface area contributed by atoms with E-state index in [1.54, 1.807) is 0 Å². The van der Waals surface area contributed by atoms with Crippen LogP contribution in [0.15, 0.2) is 11.6 Å². The van der Waals surface area contributed by atoms with Crippen LogP contribution >= 0.6 is 0 Å². The minimum atomic E-state index is -0.208. The maximum absolute atomic E-state index is 12.4. The highest BCUT2D eigenvalue weighted by atomic mass is 16.5. The lowest BCUT2D eigenvalue weighted by molar-refractivity contribution is -0.157. The quantitative estimate of drug-likeness (QED) is 0.542. The third-order valence-corrected chi connectivity index (χ3v) is 4.67. The molecule has 3 rings (SSSR count). The largest absolute Gasteiger partial charge is 0.466 e. The molecule has 0 aromatic carbocycles. The number of carbonyl (C=O) groups is 1. The Bertz CT molecular complexity index is 363. The zero-order valence-corrected chi connectivity index (χ0v) is 10.6. The minimum absolute atomic E-state index is 0.0556. The Morgan fingerprint density at radius 1 is 1.53 bits per heavy atom. The summed E-state index contributed by atoms with van der Waals surface area (Å²) in [4.78, 5) is 14.9. The van der Waals surface area contributed by atoms with Gasteiger partial charge in [0.1, 0.15) is 0 Å². The minimum Gasteiger partial charge on any atom is -0.466 e. The summed E-state index contributed by atoms with van der Waals surface area (Å²) >= 11 is 0. The monoisotopic (exact) mass is 235 g/mol. The van der Waals surface area contributed by atoms with E-state index in [1.165, 1.54) is 18.4 Å². The Kier molecular flexibility index (Phi) is 2.74. The Labute approximate surface area is 103 Å². The van der Waals surface area contributed by atoms with Crippen molar-refractivity contribution in [3.05, 3.63) is 11.6 Å². The van der Waals surface area contributed by atoms with E-state index in [2.05, 4.69) is 11.0 Å². The molecule has 0 unspecified atom stereocenters. The van der Waals surface area contributed by atoms with Crippen molar-refractivity contribution in [2.75, 3.05) is 19.7 Å². The number of rotatable bonds is 2. The highest BCUT2D eigenvalue weighted by Crippen LogP contribution is 2.50. The van der Waals surface area contributed by atoms with Crippen LogP contribution in [0.2, 0.25) is 0 Å². The molecule has 3 heteroatoms. The molecule has 0 aromatic rings. The van der Waals surface area contributed by atoms with Crippen LogP contribution < -0.4 is 0 Å². The van der Waals surface area contributed by atoms with Gasteiger partial charge in [0.05, 0.1) is 12.0 Å². The molecule has 0 amide bonds. The van der Waals surface area contributed by atoms with Crippen LogP contribution in [0.25, 0.3) is 0 Å². The molecule has 2 saturated heterocycles. The van der Waals surface area contributed by atoms with E-state index in [-0.39, 0.29) is 11.4 Å². The van der Waals surface area contributed by atoms with Gasteiger partial charge in [-0.25, -0.2) is 0 Å². The smallest absolute Gasteiger partial charge is 0.314 e. The van der Waals surface area contributed by atoms with Crippen LogP contribution in [0.3, 0.4) is 0 Å². The van der Waals surface area contributed by atoms with Gasteiger partial charge >= 0.3 is 5.97 Å². The van der Waals surface area contributed by atoms with Gasteiger partial charge in [-0.15, -0.1) is 0 Å². The molecule has 0 N–H and O–H groups in total. The summed E-state index contributed by atoms with van der Waals surface area (Å²) in [6.45, 7) is 4.64. The van der Waals surface area contributed by atoms with Gasteiger partial charge in [-0.2, -0.15) is 0 Å². The van der Waals surface area contributed by atoms with E-state index in [0.717, 1.165) is 32.4 Å². The van der Waals surface area contributed by atoms with E-state index in [0.29, 0.717) is 12.6 Å². The van der Waals surface area contributed by atoms with Gasteiger partial charge in [0.15, 0.2) is 0 Å². The summed E-state index contributed by atoms with van der Waals surface area (Å²) in [7, 11) is 0. The Morgan fingerprint density at radius 3 is 3.24 bits per heavy atom. The number of piperidine rings is 1. The fourth-order valence-electron chi connectivity index (χ4n) is 3.99. The number of hydrogen-bond acceptors (Lipinski definition) is 3. The van der Waals surface area contributed by atoms with Gasteiger partial charge in [-0.05, 0) is 52.1 Å². The molecule has 2 atom stereocenters. The van der Waals surface area contributed by atoms with Crippen molar-refractivity contribution in [2.24, 2.45) is 5.41 Å². The predicted octanol–water partition coefficient (Wildman–Crippen LogP) is 2.12. The second-order valence-corrected chi connectivity index (χ2v) is 5.49. The van der Waals surface area contributed by atoms with Crippen molar-refractivity contribution in [2.45, 2.75) is 45.1 Å². The zero-order chi connectivity index (χ0) is 11.9. The number of nitrogens with zero attached hydrogens (tertiary/aromatic N) is 1. The molecule has 94 valence electrons. The fraction of sp³-hybridized carbons (Fsp3) is 0.786. The third-order valence-electron chi connectivity index (χ3n) is 4.67. The molecule has 3 aliphatic rings. The molecule has 3 nitrogen and oxygen atoms in total. The van der Waals surface area contributed by atoms with E-state index in [4.69, 9.17) is 4.74 Å². The van der Waals surface area contributed by atoms with Gasteiger partial charge in [-0.1, -0.05) is 11.6 Å². The summed E-state index contributed by atoms with van der Waals surface area (Å²) in [6, 6.07) is 0.365. The first-order chi connectivity index (χ1) is 8.28. The van der Waals surface area contributed by atoms with Crippen molar-refractivity contribution in [3.8, 4) is 0 Å². The second-order valence-electron chi connectivity index (χ2n) is 5.49. The molecule has 0 saturated carbocycles. The molecular formula is C14H21NO2. The normalized spacial score (nSPS) is 36.3. The maximum atomic E-state index is 12.4. The highest BCUT2D eigenvalue weighted by molar-refractivity contribution is 5.79. The van der Waals surface area contributed by atoms with Crippen LogP contribution in [0.1, 0.15) is 39.0 Å². The summed E-state index contributed by atoms with van der Waals surface area (Å²) < 4.78 is 5.36. The first-order valence-electron chi connectivity index (χ1n) is 6.88. The standard InChI is InChI=1S/C14H21NO2/c1-2-17-13(16)14-7-3-5-11-6-4-9-15(10-8-14)12(11)14/h5,12H,2-4,6-10H2,1H3/t12-,14+/m1/s1. The zero-order valence-electron chi connectivity index (χ0n) is 10.6. The summed E-state index contributed by atoms with van der Waals surface area (Å²) in [5.74, 6) is 0.0556. The van der Waals surface area contributed by atoms with Crippen molar-refractivity contribution in [3.63, 3.8) is 0 Å². The van der Waals surface area contributed by atoms with Crippen LogP contribution in [-0.2, 0) is 9.53 Å². The number of allylic oxidation sites excluding steroid dienone is 1. The lowest BCUT2D eigenvalue weighted by Crippen LogP contribution is -2.50. The van der Waals surface area contributed by atoms with Gasteiger partial charge in [-0.3, -0.25) is 9.69 Å². The van der Waals surface area contributed by atoms with Gasteiger partial charge in [0, 0.05) is 6.04 Å². The highest BCUT2D eigenvalue weighted by Gasteiger charge is 2.56. The number of esters is 1. The average molecular weight is 235 g/mol. The van der Waals surface area contributed by atoms with Gasteiger partial charge < -0.3 is 4.74 Å². The van der Waals surface area contributed by atoms with Crippen molar-refractivity contribution >= 4 is 5.97 Å². The molecule has 1 aliphatic carbocycles. The van der Waals surface area contributed by atoms with E-state index < -0.39 is 0 Å². The Balaban J connectivity index is 1.94. The SMILES string of the molecule is CCOC(=O)[C@@]12CCC=C3CCCN(CC1)[C@H]32. The maximum Gasteiger partial charge on any atom is 0.314 e. The molecule has 0 aromatic heterocycles. The van der Waals surface area contributed by atoms with Crippen molar-refractivity contribution in [1.29, 1.82) is 0 Å². The van der Waals surface area contributed by atoms with E-state index in [1.807, 2.05) is 6.92 Å². The second kappa shape index (κ2) is 4.13. The molecule has 2 aliphatic heterocycles. The number of carbonyl (C=O) groups excluding carboxylic acids is 1. The summed E-state index contributed by atoms with van der Waals surface area (Å²) in [5.41, 5.74) is 1.30. The molecule has 17 heavy (non-hydrogen) atoms. The fourth-order valence-corrected chi connectivity index (χ4v) is 3.99. The number of ether oxygens (including phenoxy) is 1. The van der Waals surface area contributed by atoms with E-state index in [9.17, 15) is 4.79 Å². The van der Waals surface area contributed by atoms with Crippen molar-refractivity contribution in [1.82, 2.24) is 4.90 Å². The van der Waals surface area contributed by atoms with Crippen LogP contribution in [-0.4, -0.2) is 36.6 Å². The predicted molar refractivity (Wildman–Crippen MR) is 65.6 cm³/mol. The number of hydrogen-bond donors (Lipinski definition) is 0. The molecule has 0 spiro atoms. The summed E-state index contributed by atoms with van der Waals surface area (Å²) in [6.07, 6.45) is 7.84. The third kappa shape index (κ3) is 1.55. The first kappa shape index (κ1) is 11.3. The lowest BCUT2D eigenvalue weighted by Gasteiger charge is -2.43. The molecule has 0 radical (unpaired) electrons. The molecule has 2 heterocycles. The van der Waals surface area contributed by atoms with Crippen molar-refractivity contribution < 1.29 is 9.53 Å². The first-order valence-corrected chi connectivity index (χ1v) is 6.88. The lowest BCUT2D eigenvalue weighted by atomic mass is 9.68. The van der Waals surface area contributed by atoms with Crippen LogP contribution in [0.4, 0.5) is 0 Å². The van der Waals surface area contributed by atoms with Crippen LogP contribution in [0.5, 0.6) is 0 Å². The molecule has 0 bridgehead atoms.